The molecule has 1 aliphatic rings. The average molecular weight is 326 g/mol. The van der Waals surface area contributed by atoms with Crippen LogP contribution in [0.4, 0.5) is 5.69 Å². The summed E-state index contributed by atoms with van der Waals surface area (Å²) in [6, 6.07) is 5.68. The van der Waals surface area contributed by atoms with Crippen molar-refractivity contribution in [3.05, 3.63) is 28.2 Å². The lowest BCUT2D eigenvalue weighted by molar-refractivity contribution is -0.145. The van der Waals surface area contributed by atoms with Gasteiger partial charge in [-0.25, -0.2) is 0 Å². The Kier molecular flexibility index (Phi) is 4.24. The van der Waals surface area contributed by atoms with E-state index in [2.05, 4.69) is 21.2 Å². The van der Waals surface area contributed by atoms with E-state index in [9.17, 15) is 9.59 Å². The van der Waals surface area contributed by atoms with Gasteiger partial charge < -0.3 is 10.4 Å². The SMILES string of the molecule is Cc1ccc(Br)c(NC(=O)C2CCCC2C(=O)O)c1. The molecule has 1 aliphatic carbocycles. The fourth-order valence-electron chi connectivity index (χ4n) is 2.53. The fourth-order valence-corrected chi connectivity index (χ4v) is 2.88. The van der Waals surface area contributed by atoms with Gasteiger partial charge in [0, 0.05) is 4.47 Å². The number of anilines is 1. The van der Waals surface area contributed by atoms with Crippen molar-refractivity contribution < 1.29 is 14.7 Å². The van der Waals surface area contributed by atoms with Gasteiger partial charge in [-0.1, -0.05) is 12.5 Å². The van der Waals surface area contributed by atoms with Gasteiger partial charge in [0.2, 0.25) is 5.91 Å². The second-order valence-electron chi connectivity index (χ2n) is 4.95. The van der Waals surface area contributed by atoms with Crippen molar-refractivity contribution in [2.75, 3.05) is 5.32 Å². The molecule has 1 amide bonds. The highest BCUT2D eigenvalue weighted by Crippen LogP contribution is 2.33. The molecular formula is C14H16BrNO3. The maximum atomic E-state index is 12.2. The summed E-state index contributed by atoms with van der Waals surface area (Å²) in [5.74, 6) is -2.05. The lowest BCUT2D eigenvalue weighted by Gasteiger charge is -2.16. The van der Waals surface area contributed by atoms with Crippen molar-refractivity contribution >= 4 is 33.5 Å². The number of aryl methyl sites for hydroxylation is 1. The van der Waals surface area contributed by atoms with Gasteiger partial charge in [0.25, 0.3) is 0 Å². The van der Waals surface area contributed by atoms with Crippen LogP contribution in [0.25, 0.3) is 0 Å². The number of carboxylic acid groups (broad SMARTS) is 1. The van der Waals surface area contributed by atoms with Gasteiger partial charge in [-0.05, 0) is 53.4 Å². The summed E-state index contributed by atoms with van der Waals surface area (Å²) >= 11 is 3.38. The fraction of sp³-hybridized carbons (Fsp3) is 0.429. The van der Waals surface area contributed by atoms with Gasteiger partial charge >= 0.3 is 5.97 Å². The minimum atomic E-state index is -0.874. The molecule has 4 nitrogen and oxygen atoms in total. The van der Waals surface area contributed by atoms with Crippen LogP contribution in [0, 0.1) is 18.8 Å². The number of halogens is 1. The first-order valence-electron chi connectivity index (χ1n) is 6.29. The van der Waals surface area contributed by atoms with Crippen molar-refractivity contribution in [1.29, 1.82) is 0 Å². The number of amides is 1. The number of carboxylic acids is 1. The Labute approximate surface area is 120 Å². The quantitative estimate of drug-likeness (QED) is 0.896. The third-order valence-electron chi connectivity index (χ3n) is 3.55. The highest BCUT2D eigenvalue weighted by molar-refractivity contribution is 9.10. The van der Waals surface area contributed by atoms with Crippen LogP contribution in [0.15, 0.2) is 22.7 Å². The third kappa shape index (κ3) is 3.15. The summed E-state index contributed by atoms with van der Waals surface area (Å²) in [5, 5.41) is 11.9. The van der Waals surface area contributed by atoms with E-state index < -0.39 is 17.8 Å². The molecular weight excluding hydrogens is 310 g/mol. The molecule has 2 N–H and O–H groups in total. The standard InChI is InChI=1S/C14H16BrNO3/c1-8-5-6-11(15)12(7-8)16-13(17)9-3-2-4-10(9)14(18)19/h5-7,9-10H,2-4H2,1H3,(H,16,17)(H,18,19). The molecule has 0 bridgehead atoms. The number of aliphatic carboxylic acids is 1. The molecule has 5 heteroatoms. The number of rotatable bonds is 3. The van der Waals surface area contributed by atoms with Gasteiger partial charge in [0.15, 0.2) is 0 Å². The summed E-state index contributed by atoms with van der Waals surface area (Å²) in [4.78, 5) is 23.3. The second kappa shape index (κ2) is 5.74. The van der Waals surface area contributed by atoms with Gasteiger partial charge in [-0.3, -0.25) is 9.59 Å². The highest BCUT2D eigenvalue weighted by Gasteiger charge is 2.37. The first-order chi connectivity index (χ1) is 8.99. The number of hydrogen-bond donors (Lipinski definition) is 2. The molecule has 102 valence electrons. The van der Waals surface area contributed by atoms with Crippen LogP contribution in [-0.4, -0.2) is 17.0 Å². The molecule has 0 radical (unpaired) electrons. The molecule has 0 saturated heterocycles. The van der Waals surface area contributed by atoms with E-state index >= 15 is 0 Å². The first kappa shape index (κ1) is 14.1. The topological polar surface area (TPSA) is 66.4 Å². The van der Waals surface area contributed by atoms with Crippen LogP contribution in [0.3, 0.4) is 0 Å². The molecule has 1 aromatic rings. The molecule has 2 unspecified atom stereocenters. The largest absolute Gasteiger partial charge is 0.481 e. The van der Waals surface area contributed by atoms with Crippen LogP contribution in [0.2, 0.25) is 0 Å². The summed E-state index contributed by atoms with van der Waals surface area (Å²) in [7, 11) is 0. The van der Waals surface area contributed by atoms with Crippen LogP contribution in [0.5, 0.6) is 0 Å². The molecule has 1 aromatic carbocycles. The Hall–Kier alpha value is -1.36. The van der Waals surface area contributed by atoms with Crippen LogP contribution in [-0.2, 0) is 9.59 Å². The maximum Gasteiger partial charge on any atom is 0.307 e. The molecule has 0 aliphatic heterocycles. The van der Waals surface area contributed by atoms with E-state index in [0.29, 0.717) is 18.5 Å². The zero-order valence-corrected chi connectivity index (χ0v) is 12.2. The zero-order valence-electron chi connectivity index (χ0n) is 10.6. The lowest BCUT2D eigenvalue weighted by Crippen LogP contribution is -2.30. The van der Waals surface area contributed by atoms with E-state index in [-0.39, 0.29) is 5.91 Å². The monoisotopic (exact) mass is 325 g/mol. The Morgan fingerprint density at radius 1 is 1.32 bits per heavy atom. The Morgan fingerprint density at radius 2 is 2.00 bits per heavy atom. The Morgan fingerprint density at radius 3 is 2.68 bits per heavy atom. The third-order valence-corrected chi connectivity index (χ3v) is 4.24. The summed E-state index contributed by atoms with van der Waals surface area (Å²) in [6.07, 6.45) is 2.03. The molecule has 1 saturated carbocycles. The molecule has 19 heavy (non-hydrogen) atoms. The van der Waals surface area contributed by atoms with Crippen LogP contribution in [0.1, 0.15) is 24.8 Å². The summed E-state index contributed by atoms with van der Waals surface area (Å²) in [5.41, 5.74) is 1.74. The molecule has 2 atom stereocenters. The smallest absolute Gasteiger partial charge is 0.307 e. The predicted octanol–water partition coefficient (Wildman–Crippen LogP) is 3.20. The second-order valence-corrected chi connectivity index (χ2v) is 5.81. The normalized spacial score (nSPS) is 22.2. The molecule has 0 aromatic heterocycles. The van der Waals surface area contributed by atoms with Gasteiger partial charge in [-0.2, -0.15) is 0 Å². The number of nitrogens with one attached hydrogen (secondary N) is 1. The van der Waals surface area contributed by atoms with Crippen molar-refractivity contribution in [2.45, 2.75) is 26.2 Å². The number of benzene rings is 1. The van der Waals surface area contributed by atoms with Gasteiger partial charge in [-0.15, -0.1) is 0 Å². The van der Waals surface area contributed by atoms with E-state index in [1.54, 1.807) is 0 Å². The lowest BCUT2D eigenvalue weighted by atomic mass is 9.95. The molecule has 0 spiro atoms. The van der Waals surface area contributed by atoms with E-state index in [1.165, 1.54) is 0 Å². The van der Waals surface area contributed by atoms with Gasteiger partial charge in [0.1, 0.15) is 0 Å². The predicted molar refractivity (Wildman–Crippen MR) is 76.0 cm³/mol. The average Bonchev–Trinajstić information content (AvgIpc) is 2.83. The zero-order chi connectivity index (χ0) is 14.0. The van der Waals surface area contributed by atoms with Crippen molar-refractivity contribution in [3.63, 3.8) is 0 Å². The van der Waals surface area contributed by atoms with Crippen molar-refractivity contribution in [2.24, 2.45) is 11.8 Å². The van der Waals surface area contributed by atoms with Gasteiger partial charge in [0.05, 0.1) is 17.5 Å². The van der Waals surface area contributed by atoms with E-state index in [1.807, 2.05) is 25.1 Å². The number of carbonyl (C=O) groups is 2. The van der Waals surface area contributed by atoms with Crippen molar-refractivity contribution in [1.82, 2.24) is 0 Å². The number of carbonyl (C=O) groups excluding carboxylic acids is 1. The molecule has 2 rings (SSSR count). The Bertz CT molecular complexity index is 515. The first-order valence-corrected chi connectivity index (χ1v) is 7.08. The maximum absolute atomic E-state index is 12.2. The Balaban J connectivity index is 2.12. The molecule has 0 heterocycles. The van der Waals surface area contributed by atoms with E-state index in [4.69, 9.17) is 5.11 Å². The van der Waals surface area contributed by atoms with E-state index in [0.717, 1.165) is 16.5 Å². The minimum absolute atomic E-state index is 0.198. The minimum Gasteiger partial charge on any atom is -0.481 e. The van der Waals surface area contributed by atoms with Crippen LogP contribution < -0.4 is 5.32 Å². The molecule has 1 fully saturated rings. The summed E-state index contributed by atoms with van der Waals surface area (Å²) in [6.45, 7) is 1.94. The van der Waals surface area contributed by atoms with Crippen LogP contribution >= 0.6 is 15.9 Å². The summed E-state index contributed by atoms with van der Waals surface area (Å²) < 4.78 is 0.802. The highest BCUT2D eigenvalue weighted by atomic mass is 79.9. The number of hydrogen-bond acceptors (Lipinski definition) is 2. The van der Waals surface area contributed by atoms with Crippen molar-refractivity contribution in [3.8, 4) is 0 Å².